The standard InChI is InChI=1S/C20H25FN2O3/c1-13-9-18(25-4)19(26-5)10-15(13)12-23(3)14(2)20(24)22-17-8-6-7-16(21)11-17/h6-11,14H,12H2,1-5H3,(H,22,24)/t14-/m1/s1. The summed E-state index contributed by atoms with van der Waals surface area (Å²) in [4.78, 5) is 14.4. The minimum atomic E-state index is -0.397. The van der Waals surface area contributed by atoms with E-state index in [1.807, 2.05) is 37.9 Å². The number of aryl methyl sites for hydroxylation is 1. The monoisotopic (exact) mass is 360 g/mol. The Bertz CT molecular complexity index is 780. The highest BCUT2D eigenvalue weighted by atomic mass is 19.1. The van der Waals surface area contributed by atoms with Gasteiger partial charge in [0.25, 0.3) is 0 Å². The highest BCUT2D eigenvalue weighted by Crippen LogP contribution is 2.30. The molecular weight excluding hydrogens is 335 g/mol. The van der Waals surface area contributed by atoms with Gasteiger partial charge in [-0.25, -0.2) is 4.39 Å². The lowest BCUT2D eigenvalue weighted by molar-refractivity contribution is -0.120. The number of methoxy groups -OCH3 is 2. The normalized spacial score (nSPS) is 12.0. The molecule has 0 aliphatic carbocycles. The zero-order chi connectivity index (χ0) is 19.3. The fraction of sp³-hybridized carbons (Fsp3) is 0.350. The highest BCUT2D eigenvalue weighted by molar-refractivity contribution is 5.94. The van der Waals surface area contributed by atoms with Gasteiger partial charge < -0.3 is 14.8 Å². The van der Waals surface area contributed by atoms with E-state index in [0.717, 1.165) is 11.1 Å². The van der Waals surface area contributed by atoms with Crippen LogP contribution in [-0.4, -0.2) is 38.1 Å². The van der Waals surface area contributed by atoms with Crippen molar-refractivity contribution in [3.8, 4) is 11.5 Å². The van der Waals surface area contributed by atoms with Gasteiger partial charge >= 0.3 is 0 Å². The van der Waals surface area contributed by atoms with Gasteiger partial charge in [-0.15, -0.1) is 0 Å². The van der Waals surface area contributed by atoms with Crippen LogP contribution in [0.2, 0.25) is 0 Å². The number of benzene rings is 2. The molecule has 0 radical (unpaired) electrons. The Morgan fingerprint density at radius 2 is 1.85 bits per heavy atom. The summed E-state index contributed by atoms with van der Waals surface area (Å²) >= 11 is 0. The van der Waals surface area contributed by atoms with E-state index in [0.29, 0.717) is 23.7 Å². The molecule has 0 fully saturated rings. The predicted octanol–water partition coefficient (Wildman–Crippen LogP) is 3.61. The predicted molar refractivity (Wildman–Crippen MR) is 100 cm³/mol. The van der Waals surface area contributed by atoms with Crippen LogP contribution in [0.4, 0.5) is 10.1 Å². The van der Waals surface area contributed by atoms with Gasteiger partial charge in [0, 0.05) is 12.2 Å². The first-order chi connectivity index (χ1) is 12.3. The first kappa shape index (κ1) is 19.7. The third kappa shape index (κ3) is 4.73. The Morgan fingerprint density at radius 1 is 1.19 bits per heavy atom. The van der Waals surface area contributed by atoms with Gasteiger partial charge in [-0.3, -0.25) is 9.69 Å². The van der Waals surface area contributed by atoms with Crippen molar-refractivity contribution in [2.45, 2.75) is 26.4 Å². The van der Waals surface area contributed by atoms with Crippen LogP contribution in [0, 0.1) is 12.7 Å². The third-order valence-corrected chi connectivity index (χ3v) is 4.39. The maximum Gasteiger partial charge on any atom is 0.241 e. The summed E-state index contributed by atoms with van der Waals surface area (Å²) in [5, 5.41) is 2.74. The topological polar surface area (TPSA) is 50.8 Å². The van der Waals surface area contributed by atoms with Crippen LogP contribution in [0.5, 0.6) is 11.5 Å². The molecule has 2 aromatic rings. The first-order valence-corrected chi connectivity index (χ1v) is 8.34. The van der Waals surface area contributed by atoms with Crippen LogP contribution >= 0.6 is 0 Å². The van der Waals surface area contributed by atoms with Crippen LogP contribution in [-0.2, 0) is 11.3 Å². The first-order valence-electron chi connectivity index (χ1n) is 8.34. The maximum absolute atomic E-state index is 13.3. The number of halogens is 1. The molecule has 1 N–H and O–H groups in total. The molecular formula is C20H25FN2O3. The molecule has 1 amide bonds. The summed E-state index contributed by atoms with van der Waals surface area (Å²) in [5.74, 6) is 0.743. The lowest BCUT2D eigenvalue weighted by Gasteiger charge is -2.25. The smallest absolute Gasteiger partial charge is 0.241 e. The zero-order valence-corrected chi connectivity index (χ0v) is 15.8. The molecule has 0 heterocycles. The highest BCUT2D eigenvalue weighted by Gasteiger charge is 2.20. The van der Waals surface area contributed by atoms with Gasteiger partial charge in [-0.05, 0) is 62.4 Å². The van der Waals surface area contributed by atoms with Crippen molar-refractivity contribution in [1.29, 1.82) is 0 Å². The molecule has 0 spiro atoms. The number of hydrogen-bond acceptors (Lipinski definition) is 4. The number of hydrogen-bond donors (Lipinski definition) is 1. The van der Waals surface area contributed by atoms with E-state index in [9.17, 15) is 9.18 Å². The van der Waals surface area contributed by atoms with E-state index in [-0.39, 0.29) is 11.7 Å². The van der Waals surface area contributed by atoms with E-state index in [1.54, 1.807) is 26.4 Å². The van der Waals surface area contributed by atoms with E-state index in [1.165, 1.54) is 12.1 Å². The molecule has 0 unspecified atom stereocenters. The van der Waals surface area contributed by atoms with E-state index in [4.69, 9.17) is 9.47 Å². The fourth-order valence-electron chi connectivity index (χ4n) is 2.61. The molecule has 6 heteroatoms. The second-order valence-corrected chi connectivity index (χ2v) is 6.22. The van der Waals surface area contributed by atoms with Crippen LogP contribution in [0.3, 0.4) is 0 Å². The number of carbonyl (C=O) groups is 1. The van der Waals surface area contributed by atoms with E-state index >= 15 is 0 Å². The molecule has 140 valence electrons. The van der Waals surface area contributed by atoms with Gasteiger partial charge in [-0.1, -0.05) is 6.07 Å². The lowest BCUT2D eigenvalue weighted by atomic mass is 10.1. The number of likely N-dealkylation sites (N-methyl/N-ethyl adjacent to an activating group) is 1. The van der Waals surface area contributed by atoms with Crippen molar-refractivity contribution in [1.82, 2.24) is 4.90 Å². The number of anilines is 1. The Labute approximate surface area is 153 Å². The molecule has 26 heavy (non-hydrogen) atoms. The van der Waals surface area contributed by atoms with Crippen molar-refractivity contribution in [2.24, 2.45) is 0 Å². The molecule has 1 atom stereocenters. The molecule has 0 saturated heterocycles. The van der Waals surface area contributed by atoms with Crippen molar-refractivity contribution in [3.05, 3.63) is 53.3 Å². The Balaban J connectivity index is 2.08. The Morgan fingerprint density at radius 3 is 2.46 bits per heavy atom. The second-order valence-electron chi connectivity index (χ2n) is 6.22. The number of carbonyl (C=O) groups excluding carboxylic acids is 1. The average molecular weight is 360 g/mol. The third-order valence-electron chi connectivity index (χ3n) is 4.39. The van der Waals surface area contributed by atoms with E-state index < -0.39 is 6.04 Å². The number of amides is 1. The molecule has 0 bridgehead atoms. The van der Waals surface area contributed by atoms with E-state index in [2.05, 4.69) is 5.32 Å². The van der Waals surface area contributed by atoms with Crippen LogP contribution in [0.25, 0.3) is 0 Å². The summed E-state index contributed by atoms with van der Waals surface area (Å²) in [6.07, 6.45) is 0. The van der Waals surface area contributed by atoms with Gasteiger partial charge in [0.05, 0.1) is 20.3 Å². The Hall–Kier alpha value is -2.60. The molecule has 0 aliphatic heterocycles. The maximum atomic E-state index is 13.3. The van der Waals surface area contributed by atoms with Gasteiger partial charge in [0.1, 0.15) is 5.82 Å². The van der Waals surface area contributed by atoms with Crippen LogP contribution < -0.4 is 14.8 Å². The van der Waals surface area contributed by atoms with Crippen molar-refractivity contribution < 1.29 is 18.7 Å². The minimum absolute atomic E-state index is 0.198. The molecule has 0 aliphatic rings. The van der Waals surface area contributed by atoms with Crippen LogP contribution in [0.1, 0.15) is 18.1 Å². The fourth-order valence-corrected chi connectivity index (χ4v) is 2.61. The van der Waals surface area contributed by atoms with Crippen molar-refractivity contribution in [2.75, 3.05) is 26.6 Å². The molecule has 0 saturated carbocycles. The van der Waals surface area contributed by atoms with Crippen molar-refractivity contribution >= 4 is 11.6 Å². The minimum Gasteiger partial charge on any atom is -0.493 e. The summed E-state index contributed by atoms with van der Waals surface area (Å²) in [6, 6.07) is 9.29. The quantitative estimate of drug-likeness (QED) is 0.820. The number of nitrogens with zero attached hydrogens (tertiary/aromatic N) is 1. The SMILES string of the molecule is COc1cc(C)c(CN(C)[C@H](C)C(=O)Nc2cccc(F)c2)cc1OC. The average Bonchev–Trinajstić information content (AvgIpc) is 2.62. The van der Waals surface area contributed by atoms with Crippen LogP contribution in [0.15, 0.2) is 36.4 Å². The molecule has 2 aromatic carbocycles. The summed E-state index contributed by atoms with van der Waals surface area (Å²) in [6.45, 7) is 4.36. The van der Waals surface area contributed by atoms with Gasteiger partial charge in [0.2, 0.25) is 5.91 Å². The molecule has 5 nitrogen and oxygen atoms in total. The Kier molecular flexibility index (Phi) is 6.58. The lowest BCUT2D eigenvalue weighted by Crippen LogP contribution is -2.39. The van der Waals surface area contributed by atoms with Crippen molar-refractivity contribution in [3.63, 3.8) is 0 Å². The number of nitrogens with one attached hydrogen (secondary N) is 1. The zero-order valence-electron chi connectivity index (χ0n) is 15.8. The molecule has 2 rings (SSSR count). The number of rotatable bonds is 7. The summed E-state index contributed by atoms with van der Waals surface area (Å²) < 4.78 is 23.9. The van der Waals surface area contributed by atoms with Gasteiger partial charge in [-0.2, -0.15) is 0 Å². The largest absolute Gasteiger partial charge is 0.493 e. The summed E-state index contributed by atoms with van der Waals surface area (Å²) in [7, 11) is 5.06. The summed E-state index contributed by atoms with van der Waals surface area (Å²) in [5.41, 5.74) is 2.53. The second kappa shape index (κ2) is 8.67. The number of ether oxygens (including phenoxy) is 2. The molecule has 0 aromatic heterocycles. The van der Waals surface area contributed by atoms with Gasteiger partial charge in [0.15, 0.2) is 11.5 Å².